The number of rotatable bonds is 3. The molecule has 2 heterocycles. The summed E-state index contributed by atoms with van der Waals surface area (Å²) in [6.45, 7) is 2.05. The Balaban J connectivity index is 1.68. The third kappa shape index (κ3) is 3.05. The van der Waals surface area contributed by atoms with E-state index >= 15 is 0 Å². The van der Waals surface area contributed by atoms with Crippen molar-refractivity contribution in [1.82, 2.24) is 10.3 Å². The zero-order chi connectivity index (χ0) is 17.2. The summed E-state index contributed by atoms with van der Waals surface area (Å²) in [5.74, 6) is 0.638. The fourth-order valence-corrected chi connectivity index (χ4v) is 3.76. The van der Waals surface area contributed by atoms with Crippen LogP contribution < -0.4 is 15.9 Å². The Morgan fingerprint density at radius 3 is 2.68 bits per heavy atom. The molecule has 25 heavy (non-hydrogen) atoms. The largest absolute Gasteiger partial charge is 0.298 e. The van der Waals surface area contributed by atoms with Gasteiger partial charge in [0.05, 0.1) is 5.36 Å². The smallest absolute Gasteiger partial charge is 0.276 e. The van der Waals surface area contributed by atoms with Crippen LogP contribution in [0, 0.1) is 0 Å². The zero-order valence-electron chi connectivity index (χ0n) is 13.8. The SMILES string of the molecule is CC[C@H]1N=c2ccccc2=C2C(=O)NC(SCc3ccccc3)=NN21. The molecule has 1 N–H and O–H groups in total. The first-order valence-corrected chi connectivity index (χ1v) is 9.28. The molecule has 0 fully saturated rings. The minimum Gasteiger partial charge on any atom is -0.298 e. The molecule has 1 amide bonds. The minimum absolute atomic E-state index is 0.119. The molecule has 0 radical (unpaired) electrons. The van der Waals surface area contributed by atoms with Crippen LogP contribution in [-0.2, 0) is 10.5 Å². The maximum atomic E-state index is 12.7. The molecular weight excluding hydrogens is 332 g/mol. The summed E-state index contributed by atoms with van der Waals surface area (Å²) in [5, 5.41) is 11.7. The highest BCUT2D eigenvalue weighted by atomic mass is 32.2. The molecule has 0 spiro atoms. The molecule has 2 aromatic carbocycles. The van der Waals surface area contributed by atoms with E-state index in [0.29, 0.717) is 10.9 Å². The zero-order valence-corrected chi connectivity index (χ0v) is 14.7. The van der Waals surface area contributed by atoms with Crippen LogP contribution in [0.3, 0.4) is 0 Å². The molecule has 4 rings (SSSR count). The number of nitrogens with one attached hydrogen (secondary N) is 1. The van der Waals surface area contributed by atoms with Gasteiger partial charge in [0, 0.05) is 11.0 Å². The molecule has 0 saturated heterocycles. The first kappa shape index (κ1) is 15.9. The lowest BCUT2D eigenvalue weighted by Crippen LogP contribution is -2.52. The molecule has 0 aliphatic carbocycles. The van der Waals surface area contributed by atoms with Gasteiger partial charge in [-0.25, -0.2) is 5.01 Å². The van der Waals surface area contributed by atoms with Crippen molar-refractivity contribution in [2.45, 2.75) is 25.3 Å². The second-order valence-corrected chi connectivity index (χ2v) is 6.83. The van der Waals surface area contributed by atoms with Gasteiger partial charge in [0.1, 0.15) is 11.9 Å². The van der Waals surface area contributed by atoms with E-state index in [2.05, 4.69) is 29.5 Å². The molecule has 6 heteroatoms. The van der Waals surface area contributed by atoms with Gasteiger partial charge >= 0.3 is 0 Å². The summed E-state index contributed by atoms with van der Waals surface area (Å²) < 4.78 is 0. The fourth-order valence-electron chi connectivity index (χ4n) is 2.95. The molecule has 0 bridgehead atoms. The second-order valence-electron chi connectivity index (χ2n) is 5.86. The number of hydrogen-bond acceptors (Lipinski definition) is 5. The number of fused-ring (bicyclic) bond motifs is 2. The molecule has 0 unspecified atom stereocenters. The first-order valence-electron chi connectivity index (χ1n) is 8.29. The third-order valence-electron chi connectivity index (χ3n) is 4.18. The highest BCUT2D eigenvalue weighted by Gasteiger charge is 2.32. The summed E-state index contributed by atoms with van der Waals surface area (Å²) in [6.07, 6.45) is 0.633. The van der Waals surface area contributed by atoms with Gasteiger partial charge in [-0.05, 0) is 18.1 Å². The number of para-hydroxylation sites is 1. The van der Waals surface area contributed by atoms with Crippen molar-refractivity contribution in [2.24, 2.45) is 10.1 Å². The number of hydrazone groups is 1. The van der Waals surface area contributed by atoms with Gasteiger partial charge in [-0.15, -0.1) is 5.10 Å². The maximum Gasteiger partial charge on any atom is 0.276 e. The normalized spacial score (nSPS) is 18.7. The molecule has 2 aliphatic heterocycles. The van der Waals surface area contributed by atoms with E-state index in [1.165, 1.54) is 17.3 Å². The van der Waals surface area contributed by atoms with Crippen molar-refractivity contribution < 1.29 is 4.79 Å². The number of carbonyl (C=O) groups excluding carboxylic acids is 1. The quantitative estimate of drug-likeness (QED) is 0.918. The van der Waals surface area contributed by atoms with Crippen molar-refractivity contribution in [1.29, 1.82) is 0 Å². The number of thioether (sulfide) groups is 1. The lowest BCUT2D eigenvalue weighted by atomic mass is 10.1. The van der Waals surface area contributed by atoms with Gasteiger partial charge in [0.2, 0.25) is 0 Å². The van der Waals surface area contributed by atoms with Crippen molar-refractivity contribution in [3.05, 3.63) is 70.7 Å². The maximum absolute atomic E-state index is 12.7. The van der Waals surface area contributed by atoms with E-state index in [0.717, 1.165) is 22.7 Å². The van der Waals surface area contributed by atoms with Crippen LogP contribution in [0.25, 0.3) is 5.70 Å². The van der Waals surface area contributed by atoms with Crippen molar-refractivity contribution >= 4 is 28.5 Å². The van der Waals surface area contributed by atoms with E-state index in [4.69, 9.17) is 4.99 Å². The van der Waals surface area contributed by atoms with E-state index in [1.807, 2.05) is 42.5 Å². The van der Waals surface area contributed by atoms with Crippen LogP contribution in [0.15, 0.2) is 64.7 Å². The van der Waals surface area contributed by atoms with Gasteiger partial charge in [0.15, 0.2) is 5.17 Å². The van der Waals surface area contributed by atoms with Crippen LogP contribution in [0.5, 0.6) is 0 Å². The number of nitrogens with zero attached hydrogens (tertiary/aromatic N) is 3. The molecule has 0 saturated carbocycles. The van der Waals surface area contributed by atoms with E-state index in [-0.39, 0.29) is 12.1 Å². The summed E-state index contributed by atoms with van der Waals surface area (Å²) in [4.78, 5) is 17.5. The van der Waals surface area contributed by atoms with Gasteiger partial charge in [-0.1, -0.05) is 67.2 Å². The summed E-state index contributed by atoms with van der Waals surface area (Å²) in [7, 11) is 0. The molecule has 1 atom stereocenters. The topological polar surface area (TPSA) is 57.1 Å². The summed E-state index contributed by atoms with van der Waals surface area (Å²) >= 11 is 1.53. The van der Waals surface area contributed by atoms with Crippen molar-refractivity contribution in [2.75, 3.05) is 0 Å². The monoisotopic (exact) mass is 350 g/mol. The average molecular weight is 350 g/mol. The molecule has 2 aromatic rings. The Bertz CT molecular complexity index is 955. The fraction of sp³-hybridized carbons (Fsp3) is 0.211. The first-order chi connectivity index (χ1) is 12.3. The lowest BCUT2D eigenvalue weighted by Gasteiger charge is -2.33. The Morgan fingerprint density at radius 1 is 1.12 bits per heavy atom. The van der Waals surface area contributed by atoms with Gasteiger partial charge in [-0.2, -0.15) is 0 Å². The average Bonchev–Trinajstić information content (AvgIpc) is 2.66. The van der Waals surface area contributed by atoms with Crippen LogP contribution in [0.4, 0.5) is 0 Å². The van der Waals surface area contributed by atoms with Crippen LogP contribution >= 0.6 is 11.8 Å². The Kier molecular flexibility index (Phi) is 4.28. The van der Waals surface area contributed by atoms with Crippen LogP contribution in [0.2, 0.25) is 0 Å². The number of hydrogen-bond donors (Lipinski definition) is 1. The third-order valence-corrected chi connectivity index (χ3v) is 5.11. The van der Waals surface area contributed by atoms with Crippen molar-refractivity contribution in [3.8, 4) is 0 Å². The van der Waals surface area contributed by atoms with E-state index in [1.54, 1.807) is 5.01 Å². The predicted molar refractivity (Wildman–Crippen MR) is 99.9 cm³/mol. The standard InChI is InChI=1S/C19H18N4OS/c1-2-16-20-15-11-7-6-10-14(15)17-18(24)21-19(22-23(16)17)25-12-13-8-4-3-5-9-13/h3-11,16H,2,12H2,1H3,(H,21,22,24)/t16-/m0/s1. The lowest BCUT2D eigenvalue weighted by molar-refractivity contribution is -0.116. The summed E-state index contributed by atoms with van der Waals surface area (Å²) in [6, 6.07) is 17.9. The van der Waals surface area contributed by atoms with Crippen molar-refractivity contribution in [3.63, 3.8) is 0 Å². The molecule has 2 aliphatic rings. The highest BCUT2D eigenvalue weighted by molar-refractivity contribution is 8.13. The Hall–Kier alpha value is -2.60. The Labute approximate surface area is 150 Å². The van der Waals surface area contributed by atoms with E-state index < -0.39 is 0 Å². The van der Waals surface area contributed by atoms with Gasteiger partial charge in [0.25, 0.3) is 5.91 Å². The molecule has 0 aromatic heterocycles. The number of carbonyl (C=O) groups is 1. The summed E-state index contributed by atoms with van der Waals surface area (Å²) in [5.41, 5.74) is 1.78. The molecule has 5 nitrogen and oxygen atoms in total. The molecule has 126 valence electrons. The van der Waals surface area contributed by atoms with Crippen LogP contribution in [0.1, 0.15) is 18.9 Å². The number of amidine groups is 1. The van der Waals surface area contributed by atoms with E-state index in [9.17, 15) is 4.79 Å². The number of amides is 1. The highest BCUT2D eigenvalue weighted by Crippen LogP contribution is 2.23. The second kappa shape index (κ2) is 6.72. The van der Waals surface area contributed by atoms with Crippen LogP contribution in [-0.4, -0.2) is 22.2 Å². The predicted octanol–water partition coefficient (Wildman–Crippen LogP) is 1.80. The number of benzene rings is 2. The van der Waals surface area contributed by atoms with Gasteiger partial charge < -0.3 is 0 Å². The Morgan fingerprint density at radius 2 is 1.88 bits per heavy atom. The van der Waals surface area contributed by atoms with Gasteiger partial charge in [-0.3, -0.25) is 15.1 Å². The minimum atomic E-state index is -0.150. The molecular formula is C19H18N4OS.